The summed E-state index contributed by atoms with van der Waals surface area (Å²) in [6, 6.07) is -0.113. The Labute approximate surface area is 110 Å². The lowest BCUT2D eigenvalue weighted by Gasteiger charge is -2.33. The van der Waals surface area contributed by atoms with Crippen LogP contribution in [0.3, 0.4) is 0 Å². The molecule has 2 saturated heterocycles. The number of carbonyl (C=O) groups excluding carboxylic acids is 2. The average molecular weight is 264 g/mol. The highest BCUT2D eigenvalue weighted by Gasteiger charge is 2.34. The normalized spacial score (nSPS) is 24.1. The van der Waals surface area contributed by atoms with Crippen molar-refractivity contribution >= 4 is 12.0 Å². The molecule has 0 aromatic carbocycles. The van der Waals surface area contributed by atoms with E-state index in [0.29, 0.717) is 19.1 Å². The standard InChI is InChI=1S/C12H16N4O3/c17-11(10-7-19-12(18)14-10)15-4-1-9(2-5-15)16-6-3-13-8-16/h3,6,8-10H,1-2,4-5,7H2,(H,14,18). The zero-order chi connectivity index (χ0) is 13.2. The van der Waals surface area contributed by atoms with Crippen molar-refractivity contribution in [3.63, 3.8) is 0 Å². The third-order valence-corrected chi connectivity index (χ3v) is 3.69. The zero-order valence-corrected chi connectivity index (χ0v) is 10.5. The van der Waals surface area contributed by atoms with Gasteiger partial charge in [0.05, 0.1) is 6.33 Å². The van der Waals surface area contributed by atoms with Gasteiger partial charge in [-0.2, -0.15) is 0 Å². The van der Waals surface area contributed by atoms with Gasteiger partial charge in [0.1, 0.15) is 12.6 Å². The SMILES string of the molecule is O=C1NC(C(=O)N2CCC(n3ccnc3)CC2)CO1. The lowest BCUT2D eigenvalue weighted by molar-refractivity contribution is -0.134. The molecule has 0 bridgehead atoms. The summed E-state index contributed by atoms with van der Waals surface area (Å²) in [7, 11) is 0. The fourth-order valence-electron chi connectivity index (χ4n) is 2.61. The van der Waals surface area contributed by atoms with Gasteiger partial charge in [0, 0.05) is 31.5 Å². The molecular formula is C12H16N4O3. The van der Waals surface area contributed by atoms with Crippen LogP contribution < -0.4 is 5.32 Å². The summed E-state index contributed by atoms with van der Waals surface area (Å²) in [5, 5.41) is 2.52. The lowest BCUT2D eigenvalue weighted by Crippen LogP contribution is -2.48. The second kappa shape index (κ2) is 4.91. The molecule has 0 aliphatic carbocycles. The Bertz CT molecular complexity index is 465. The predicted molar refractivity (Wildman–Crippen MR) is 65.3 cm³/mol. The molecule has 1 N–H and O–H groups in total. The van der Waals surface area contributed by atoms with Gasteiger partial charge in [0.15, 0.2) is 0 Å². The summed E-state index contributed by atoms with van der Waals surface area (Å²) in [4.78, 5) is 28.9. The van der Waals surface area contributed by atoms with Gasteiger partial charge in [0.2, 0.25) is 5.91 Å². The number of amides is 2. The first-order chi connectivity index (χ1) is 9.24. The minimum atomic E-state index is -0.516. The van der Waals surface area contributed by atoms with Crippen LogP contribution in [0.1, 0.15) is 18.9 Å². The fourth-order valence-corrected chi connectivity index (χ4v) is 2.61. The third-order valence-electron chi connectivity index (χ3n) is 3.69. The van der Waals surface area contributed by atoms with Crippen LogP contribution in [0.15, 0.2) is 18.7 Å². The number of carbonyl (C=O) groups is 2. The highest BCUT2D eigenvalue weighted by Crippen LogP contribution is 2.22. The van der Waals surface area contributed by atoms with E-state index in [2.05, 4.69) is 14.9 Å². The minimum Gasteiger partial charge on any atom is -0.447 e. The maximum absolute atomic E-state index is 12.2. The van der Waals surface area contributed by atoms with Crippen LogP contribution in [-0.4, -0.2) is 52.2 Å². The van der Waals surface area contributed by atoms with E-state index >= 15 is 0 Å². The monoisotopic (exact) mass is 264 g/mol. The summed E-state index contributed by atoms with van der Waals surface area (Å²) in [6.07, 6.45) is 6.84. The van der Waals surface area contributed by atoms with E-state index in [1.54, 1.807) is 11.1 Å². The summed E-state index contributed by atoms with van der Waals surface area (Å²) in [6.45, 7) is 1.54. The van der Waals surface area contributed by atoms with Crippen LogP contribution in [0.4, 0.5) is 4.79 Å². The molecule has 2 aliphatic heterocycles. The average Bonchev–Trinajstić information content (AvgIpc) is 3.09. The summed E-state index contributed by atoms with van der Waals surface area (Å²) < 4.78 is 6.83. The Morgan fingerprint density at radius 3 is 2.79 bits per heavy atom. The van der Waals surface area contributed by atoms with Gasteiger partial charge in [-0.3, -0.25) is 4.79 Å². The molecule has 3 rings (SSSR count). The number of likely N-dealkylation sites (tertiary alicyclic amines) is 1. The molecule has 1 aromatic heterocycles. The number of hydrogen-bond donors (Lipinski definition) is 1. The first-order valence-electron chi connectivity index (χ1n) is 6.43. The van der Waals surface area contributed by atoms with Gasteiger partial charge in [0.25, 0.3) is 0 Å². The molecule has 1 aromatic rings. The number of alkyl carbamates (subject to hydrolysis) is 1. The summed E-state index contributed by atoms with van der Waals surface area (Å²) in [5.74, 6) is -0.0464. The molecule has 1 atom stereocenters. The van der Waals surface area contributed by atoms with E-state index in [4.69, 9.17) is 4.74 Å². The molecule has 7 heteroatoms. The van der Waals surface area contributed by atoms with Crippen LogP contribution in [0.5, 0.6) is 0 Å². The first-order valence-corrected chi connectivity index (χ1v) is 6.43. The number of nitrogens with zero attached hydrogens (tertiary/aromatic N) is 3. The van der Waals surface area contributed by atoms with E-state index in [0.717, 1.165) is 12.8 Å². The molecule has 0 saturated carbocycles. The molecule has 19 heavy (non-hydrogen) atoms. The van der Waals surface area contributed by atoms with Gasteiger partial charge in [-0.05, 0) is 12.8 Å². The van der Waals surface area contributed by atoms with Crippen molar-refractivity contribution in [1.82, 2.24) is 19.8 Å². The fraction of sp³-hybridized carbons (Fsp3) is 0.583. The highest BCUT2D eigenvalue weighted by atomic mass is 16.6. The van der Waals surface area contributed by atoms with Crippen molar-refractivity contribution in [3.05, 3.63) is 18.7 Å². The molecule has 2 amide bonds. The predicted octanol–water partition coefficient (Wildman–Crippen LogP) is 0.155. The first kappa shape index (κ1) is 12.0. The Kier molecular flexibility index (Phi) is 3.10. The van der Waals surface area contributed by atoms with Gasteiger partial charge in [-0.15, -0.1) is 0 Å². The van der Waals surface area contributed by atoms with Crippen LogP contribution in [0, 0.1) is 0 Å². The third kappa shape index (κ3) is 2.40. The number of aromatic nitrogens is 2. The maximum atomic E-state index is 12.2. The topological polar surface area (TPSA) is 76.5 Å². The molecule has 102 valence electrons. The molecule has 2 aliphatic rings. The Hall–Kier alpha value is -2.05. The van der Waals surface area contributed by atoms with Crippen LogP contribution >= 0.6 is 0 Å². The lowest BCUT2D eigenvalue weighted by atomic mass is 10.0. The van der Waals surface area contributed by atoms with E-state index in [-0.39, 0.29) is 12.5 Å². The van der Waals surface area contributed by atoms with Gasteiger partial charge >= 0.3 is 6.09 Å². The number of imidazole rings is 1. The van der Waals surface area contributed by atoms with Gasteiger partial charge < -0.3 is 19.5 Å². The molecular weight excluding hydrogens is 248 g/mol. The molecule has 0 radical (unpaired) electrons. The van der Waals surface area contributed by atoms with Crippen LogP contribution in [0.2, 0.25) is 0 Å². The van der Waals surface area contributed by atoms with E-state index in [1.165, 1.54) is 0 Å². The minimum absolute atomic E-state index is 0.0464. The Morgan fingerprint density at radius 1 is 1.42 bits per heavy atom. The second-order valence-corrected chi connectivity index (χ2v) is 4.86. The molecule has 1 unspecified atom stereocenters. The number of cyclic esters (lactones) is 1. The van der Waals surface area contributed by atoms with Crippen molar-refractivity contribution in [2.24, 2.45) is 0 Å². The quantitative estimate of drug-likeness (QED) is 0.825. The zero-order valence-electron chi connectivity index (χ0n) is 10.5. The Balaban J connectivity index is 1.55. The summed E-state index contributed by atoms with van der Waals surface area (Å²) >= 11 is 0. The molecule has 7 nitrogen and oxygen atoms in total. The molecule has 2 fully saturated rings. The molecule has 0 spiro atoms. The maximum Gasteiger partial charge on any atom is 0.407 e. The van der Waals surface area contributed by atoms with Crippen molar-refractivity contribution < 1.29 is 14.3 Å². The van der Waals surface area contributed by atoms with Crippen LogP contribution in [-0.2, 0) is 9.53 Å². The number of ether oxygens (including phenoxy) is 1. The highest BCUT2D eigenvalue weighted by molar-refractivity contribution is 5.87. The van der Waals surface area contributed by atoms with Gasteiger partial charge in [-0.1, -0.05) is 0 Å². The number of rotatable bonds is 2. The van der Waals surface area contributed by atoms with E-state index < -0.39 is 12.1 Å². The Morgan fingerprint density at radius 2 is 2.21 bits per heavy atom. The second-order valence-electron chi connectivity index (χ2n) is 4.86. The largest absolute Gasteiger partial charge is 0.447 e. The van der Waals surface area contributed by atoms with Crippen molar-refractivity contribution in [1.29, 1.82) is 0 Å². The van der Waals surface area contributed by atoms with E-state index in [1.807, 2.05) is 12.5 Å². The summed E-state index contributed by atoms with van der Waals surface area (Å²) in [5.41, 5.74) is 0. The van der Waals surface area contributed by atoms with Crippen molar-refractivity contribution in [3.8, 4) is 0 Å². The van der Waals surface area contributed by atoms with Crippen molar-refractivity contribution in [2.45, 2.75) is 24.9 Å². The number of hydrogen-bond acceptors (Lipinski definition) is 4. The smallest absolute Gasteiger partial charge is 0.407 e. The van der Waals surface area contributed by atoms with Crippen LogP contribution in [0.25, 0.3) is 0 Å². The van der Waals surface area contributed by atoms with E-state index in [9.17, 15) is 9.59 Å². The number of nitrogens with one attached hydrogen (secondary N) is 1. The van der Waals surface area contributed by atoms with Gasteiger partial charge in [-0.25, -0.2) is 9.78 Å². The molecule has 3 heterocycles. The number of piperidine rings is 1. The van der Waals surface area contributed by atoms with Crippen molar-refractivity contribution in [2.75, 3.05) is 19.7 Å².